The van der Waals surface area contributed by atoms with E-state index in [1.54, 1.807) is 12.1 Å². The normalized spacial score (nSPS) is 17.4. The highest BCUT2D eigenvalue weighted by atomic mass is 35.5. The standard InChI is InChI=1S/C19H22ClN3O3S/c1-15(19(24)21-17-5-3-2-4-6-17)22-11-13-23(14-12-22)27(25,26)18-9-7-16(20)8-10-18/h2-10,15H,11-14H2,1H3,(H,21,24)/p+1/t15-/m0/s1. The maximum absolute atomic E-state index is 12.7. The van der Waals surface area contributed by atoms with Crippen molar-refractivity contribution in [3.05, 3.63) is 59.6 Å². The van der Waals surface area contributed by atoms with Crippen LogP contribution in [-0.4, -0.2) is 50.9 Å². The molecule has 1 heterocycles. The lowest BCUT2D eigenvalue weighted by Gasteiger charge is -2.34. The first kappa shape index (κ1) is 19.8. The molecule has 27 heavy (non-hydrogen) atoms. The van der Waals surface area contributed by atoms with E-state index in [-0.39, 0.29) is 16.8 Å². The van der Waals surface area contributed by atoms with Crippen molar-refractivity contribution in [1.29, 1.82) is 0 Å². The molecular formula is C19H23ClN3O3S+. The molecule has 0 unspecified atom stereocenters. The monoisotopic (exact) mass is 408 g/mol. The van der Waals surface area contributed by atoms with Crippen LogP contribution in [-0.2, 0) is 14.8 Å². The zero-order valence-electron chi connectivity index (χ0n) is 15.1. The third kappa shape index (κ3) is 4.68. The van der Waals surface area contributed by atoms with Gasteiger partial charge in [0.1, 0.15) is 0 Å². The van der Waals surface area contributed by atoms with Gasteiger partial charge in [-0.3, -0.25) is 4.79 Å². The van der Waals surface area contributed by atoms with Gasteiger partial charge in [0.2, 0.25) is 10.0 Å². The second-order valence-corrected chi connectivity index (χ2v) is 8.97. The number of benzene rings is 2. The summed E-state index contributed by atoms with van der Waals surface area (Å²) in [5.41, 5.74) is 0.762. The summed E-state index contributed by atoms with van der Waals surface area (Å²) >= 11 is 5.84. The topological polar surface area (TPSA) is 70.9 Å². The second-order valence-electron chi connectivity index (χ2n) is 6.59. The number of halogens is 1. The predicted octanol–water partition coefficient (Wildman–Crippen LogP) is 1.26. The molecule has 1 aliphatic heterocycles. The summed E-state index contributed by atoms with van der Waals surface area (Å²) in [5, 5.41) is 3.41. The van der Waals surface area contributed by atoms with Crippen LogP contribution in [0.4, 0.5) is 5.69 Å². The highest BCUT2D eigenvalue weighted by Gasteiger charge is 2.34. The third-order valence-corrected chi connectivity index (χ3v) is 7.03. The summed E-state index contributed by atoms with van der Waals surface area (Å²) < 4.78 is 27.0. The quantitative estimate of drug-likeness (QED) is 0.782. The predicted molar refractivity (Wildman–Crippen MR) is 105 cm³/mol. The van der Waals surface area contributed by atoms with Gasteiger partial charge in [0.15, 0.2) is 6.04 Å². The van der Waals surface area contributed by atoms with E-state index < -0.39 is 10.0 Å². The van der Waals surface area contributed by atoms with Gasteiger partial charge in [-0.15, -0.1) is 0 Å². The fourth-order valence-electron chi connectivity index (χ4n) is 3.16. The number of carbonyl (C=O) groups excluding carboxylic acids is 1. The Bertz CT molecular complexity index is 880. The van der Waals surface area contributed by atoms with Crippen LogP contribution in [0.15, 0.2) is 59.5 Å². The van der Waals surface area contributed by atoms with Gasteiger partial charge in [0.25, 0.3) is 5.91 Å². The first-order chi connectivity index (χ1) is 12.9. The molecule has 0 aromatic heterocycles. The first-order valence-electron chi connectivity index (χ1n) is 8.84. The number of rotatable bonds is 5. The van der Waals surface area contributed by atoms with Gasteiger partial charge in [0.05, 0.1) is 31.1 Å². The van der Waals surface area contributed by atoms with Gasteiger partial charge in [-0.2, -0.15) is 4.31 Å². The van der Waals surface area contributed by atoms with Crippen LogP contribution in [0, 0.1) is 0 Å². The fourth-order valence-corrected chi connectivity index (χ4v) is 4.73. The van der Waals surface area contributed by atoms with E-state index in [0.717, 1.165) is 10.6 Å². The van der Waals surface area contributed by atoms with Crippen molar-refractivity contribution in [2.45, 2.75) is 17.9 Å². The molecule has 0 aliphatic carbocycles. The highest BCUT2D eigenvalue weighted by Crippen LogP contribution is 2.18. The van der Waals surface area contributed by atoms with Crippen molar-refractivity contribution in [1.82, 2.24) is 4.31 Å². The van der Waals surface area contributed by atoms with E-state index >= 15 is 0 Å². The Balaban J connectivity index is 1.59. The number of nitrogens with one attached hydrogen (secondary N) is 2. The lowest BCUT2D eigenvalue weighted by atomic mass is 10.2. The molecule has 1 atom stereocenters. The van der Waals surface area contributed by atoms with E-state index in [1.807, 2.05) is 37.3 Å². The number of quaternary nitrogens is 1. The van der Waals surface area contributed by atoms with E-state index in [4.69, 9.17) is 11.6 Å². The minimum Gasteiger partial charge on any atom is -0.323 e. The Morgan fingerprint density at radius 3 is 2.26 bits per heavy atom. The van der Waals surface area contributed by atoms with Crippen molar-refractivity contribution in [2.75, 3.05) is 31.5 Å². The molecule has 1 amide bonds. The molecule has 0 bridgehead atoms. The summed E-state index contributed by atoms with van der Waals surface area (Å²) in [5.74, 6) is -0.0646. The van der Waals surface area contributed by atoms with Crippen molar-refractivity contribution >= 4 is 33.2 Å². The summed E-state index contributed by atoms with van der Waals surface area (Å²) in [6.45, 7) is 3.79. The summed E-state index contributed by atoms with van der Waals surface area (Å²) in [7, 11) is -3.54. The number of anilines is 1. The molecule has 0 spiro atoms. The Hall–Kier alpha value is -1.93. The minimum atomic E-state index is -3.54. The molecule has 2 aromatic rings. The molecule has 6 nitrogen and oxygen atoms in total. The Morgan fingerprint density at radius 2 is 1.67 bits per heavy atom. The van der Waals surface area contributed by atoms with Crippen LogP contribution >= 0.6 is 11.6 Å². The lowest BCUT2D eigenvalue weighted by molar-refractivity contribution is -0.917. The Morgan fingerprint density at radius 1 is 1.07 bits per heavy atom. The number of piperazine rings is 1. The van der Waals surface area contributed by atoms with Crippen LogP contribution in [0.3, 0.4) is 0 Å². The van der Waals surface area contributed by atoms with Gasteiger partial charge in [0, 0.05) is 10.7 Å². The fraction of sp³-hybridized carbons (Fsp3) is 0.316. The van der Waals surface area contributed by atoms with Gasteiger partial charge < -0.3 is 10.2 Å². The highest BCUT2D eigenvalue weighted by molar-refractivity contribution is 7.89. The zero-order valence-corrected chi connectivity index (χ0v) is 16.6. The van der Waals surface area contributed by atoms with Crippen molar-refractivity contribution in [2.24, 2.45) is 0 Å². The van der Waals surface area contributed by atoms with Gasteiger partial charge in [-0.25, -0.2) is 8.42 Å². The molecule has 1 fully saturated rings. The van der Waals surface area contributed by atoms with E-state index in [9.17, 15) is 13.2 Å². The number of hydrogen-bond donors (Lipinski definition) is 2. The molecule has 8 heteroatoms. The molecule has 3 rings (SSSR count). The SMILES string of the molecule is C[C@@H](C(=O)Nc1ccccc1)[NH+]1CCN(S(=O)(=O)c2ccc(Cl)cc2)CC1. The molecule has 144 valence electrons. The zero-order chi connectivity index (χ0) is 19.4. The number of hydrogen-bond acceptors (Lipinski definition) is 3. The minimum absolute atomic E-state index is 0.0646. The van der Waals surface area contributed by atoms with E-state index in [1.165, 1.54) is 16.4 Å². The van der Waals surface area contributed by atoms with Gasteiger partial charge in [-0.05, 0) is 43.3 Å². The first-order valence-corrected chi connectivity index (χ1v) is 10.7. The van der Waals surface area contributed by atoms with Gasteiger partial charge >= 0.3 is 0 Å². The molecule has 1 aliphatic rings. The van der Waals surface area contributed by atoms with Gasteiger partial charge in [-0.1, -0.05) is 29.8 Å². The Kier molecular flexibility index (Phi) is 6.16. The molecule has 2 aromatic carbocycles. The van der Waals surface area contributed by atoms with Crippen molar-refractivity contribution in [3.8, 4) is 0 Å². The Labute approximate surface area is 164 Å². The third-order valence-electron chi connectivity index (χ3n) is 4.86. The average molecular weight is 409 g/mol. The second kappa shape index (κ2) is 8.39. The summed E-state index contributed by atoms with van der Waals surface area (Å²) in [6, 6.07) is 15.3. The van der Waals surface area contributed by atoms with Crippen LogP contribution < -0.4 is 10.2 Å². The molecule has 2 N–H and O–H groups in total. The smallest absolute Gasteiger partial charge is 0.282 e. The van der Waals surface area contributed by atoms with E-state index in [0.29, 0.717) is 31.2 Å². The van der Waals surface area contributed by atoms with Crippen LogP contribution in [0.2, 0.25) is 5.02 Å². The lowest BCUT2D eigenvalue weighted by Crippen LogP contribution is -3.19. The van der Waals surface area contributed by atoms with Crippen molar-refractivity contribution < 1.29 is 18.1 Å². The van der Waals surface area contributed by atoms with Crippen molar-refractivity contribution in [3.63, 3.8) is 0 Å². The van der Waals surface area contributed by atoms with E-state index in [2.05, 4.69) is 5.32 Å². The summed E-state index contributed by atoms with van der Waals surface area (Å²) in [4.78, 5) is 13.8. The molecule has 0 radical (unpaired) electrons. The summed E-state index contributed by atoms with van der Waals surface area (Å²) in [6.07, 6.45) is 0. The molecule has 1 saturated heterocycles. The largest absolute Gasteiger partial charge is 0.323 e. The maximum atomic E-state index is 12.7. The average Bonchev–Trinajstić information content (AvgIpc) is 2.68. The van der Waals surface area contributed by atoms with Crippen LogP contribution in [0.1, 0.15) is 6.92 Å². The number of carbonyl (C=O) groups is 1. The van der Waals surface area contributed by atoms with Crippen LogP contribution in [0.25, 0.3) is 0 Å². The number of para-hydroxylation sites is 1. The maximum Gasteiger partial charge on any atom is 0.282 e. The number of sulfonamides is 1. The molecule has 0 saturated carbocycles. The van der Waals surface area contributed by atoms with Crippen LogP contribution in [0.5, 0.6) is 0 Å². The molecular weight excluding hydrogens is 386 g/mol. The number of nitrogens with zero attached hydrogens (tertiary/aromatic N) is 1. The number of amides is 1.